The molecule has 0 saturated heterocycles. The number of rotatable bonds is 13. The molecule has 0 aliphatic heterocycles. The quantitative estimate of drug-likeness (QED) is 0.319. The summed E-state index contributed by atoms with van der Waals surface area (Å²) >= 11 is -2.09. The molecule has 0 heterocycles. The van der Waals surface area contributed by atoms with Crippen LogP contribution in [0, 0.1) is 0 Å². The number of unbranched alkanes of at least 4 members (excludes halogenated alkanes) is 9. The molecule has 0 saturated carbocycles. The maximum Gasteiger partial charge on any atom is 0.320 e. The smallest absolute Gasteiger partial charge is 0.320 e. The highest BCUT2D eigenvalue weighted by molar-refractivity contribution is 7.80. The lowest BCUT2D eigenvalue weighted by molar-refractivity contribution is -0.140. The fraction of sp³-hybridized carbons (Fsp3) is 0.929. The number of esters is 1. The molecule has 0 bridgehead atoms. The van der Waals surface area contributed by atoms with Gasteiger partial charge in [-0.3, -0.25) is 4.79 Å². The molecule has 0 aromatic carbocycles. The predicted octanol–water partition coefficient (Wildman–Crippen LogP) is 3.67. The van der Waals surface area contributed by atoms with Crippen LogP contribution < -0.4 is 0 Å². The Balaban J connectivity index is 3.10. The second kappa shape index (κ2) is 14.0. The highest BCUT2D eigenvalue weighted by Gasteiger charge is 2.05. The van der Waals surface area contributed by atoms with Crippen LogP contribution in [0.3, 0.4) is 0 Å². The lowest BCUT2D eigenvalue weighted by Crippen LogP contribution is -2.14. The molecule has 0 aliphatic rings. The van der Waals surface area contributed by atoms with E-state index in [2.05, 4.69) is 6.92 Å². The van der Waals surface area contributed by atoms with Gasteiger partial charge in [-0.25, -0.2) is 4.21 Å². The van der Waals surface area contributed by atoms with Gasteiger partial charge >= 0.3 is 5.97 Å². The molecule has 114 valence electrons. The van der Waals surface area contributed by atoms with Crippen LogP contribution in [0.5, 0.6) is 0 Å². The lowest BCUT2D eigenvalue weighted by Gasteiger charge is -2.04. The van der Waals surface area contributed by atoms with Crippen LogP contribution in [0.2, 0.25) is 0 Å². The molecule has 0 fully saturated rings. The van der Waals surface area contributed by atoms with E-state index in [0.29, 0.717) is 6.61 Å². The third-order valence-corrected chi connectivity index (χ3v) is 3.48. The maximum absolute atomic E-state index is 10.9. The molecule has 1 N–H and O–H groups in total. The van der Waals surface area contributed by atoms with Crippen molar-refractivity contribution in [2.75, 3.05) is 12.4 Å². The summed E-state index contributed by atoms with van der Waals surface area (Å²) in [6.07, 6.45) is 12.3. The molecule has 0 rings (SSSR count). The summed E-state index contributed by atoms with van der Waals surface area (Å²) in [7, 11) is 0. The van der Waals surface area contributed by atoms with Crippen molar-refractivity contribution in [3.05, 3.63) is 0 Å². The minimum Gasteiger partial charge on any atom is -0.465 e. The first-order valence-electron chi connectivity index (χ1n) is 7.40. The molecule has 1 atom stereocenters. The molecule has 19 heavy (non-hydrogen) atoms. The molecule has 0 aromatic heterocycles. The van der Waals surface area contributed by atoms with Crippen LogP contribution in [0.25, 0.3) is 0 Å². The fourth-order valence-electron chi connectivity index (χ4n) is 1.92. The second-order valence-corrected chi connectivity index (χ2v) is 5.80. The van der Waals surface area contributed by atoms with Gasteiger partial charge in [-0.15, -0.1) is 0 Å². The summed E-state index contributed by atoms with van der Waals surface area (Å²) in [5.41, 5.74) is 0. The minimum absolute atomic E-state index is 0.368. The predicted molar refractivity (Wildman–Crippen MR) is 78.4 cm³/mol. The second-order valence-electron chi connectivity index (χ2n) is 4.87. The molecule has 0 spiro atoms. The van der Waals surface area contributed by atoms with Crippen molar-refractivity contribution >= 4 is 17.0 Å². The summed E-state index contributed by atoms with van der Waals surface area (Å²) in [5, 5.41) is 0. The Morgan fingerprint density at radius 2 is 1.42 bits per heavy atom. The minimum atomic E-state index is -2.09. The highest BCUT2D eigenvalue weighted by atomic mass is 32.2. The summed E-state index contributed by atoms with van der Waals surface area (Å²) in [5.74, 6) is -1.01. The zero-order chi connectivity index (χ0) is 14.3. The third-order valence-electron chi connectivity index (χ3n) is 3.00. The van der Waals surface area contributed by atoms with Crippen LogP contribution in [0.1, 0.15) is 71.1 Å². The largest absolute Gasteiger partial charge is 0.465 e. The van der Waals surface area contributed by atoms with Gasteiger partial charge in [-0.1, -0.05) is 64.7 Å². The molecule has 0 aliphatic carbocycles. The van der Waals surface area contributed by atoms with Crippen molar-refractivity contribution in [2.45, 2.75) is 71.1 Å². The Hall–Kier alpha value is -0.420. The maximum atomic E-state index is 10.9. The van der Waals surface area contributed by atoms with Gasteiger partial charge in [0, 0.05) is 0 Å². The van der Waals surface area contributed by atoms with E-state index in [9.17, 15) is 9.00 Å². The molecular formula is C14H28O4S. The fourth-order valence-corrected chi connectivity index (χ4v) is 2.20. The standard InChI is InChI=1S/C14H28O4S/c1-2-3-4-5-6-7-8-9-10-11-12-18-14(15)13-19(16)17/h2-13H2,1H3,(H,16,17). The topological polar surface area (TPSA) is 63.6 Å². The monoisotopic (exact) mass is 292 g/mol. The zero-order valence-corrected chi connectivity index (χ0v) is 12.9. The average molecular weight is 292 g/mol. The Morgan fingerprint density at radius 1 is 0.947 bits per heavy atom. The van der Waals surface area contributed by atoms with E-state index in [1.165, 1.54) is 51.4 Å². The van der Waals surface area contributed by atoms with E-state index in [0.717, 1.165) is 12.8 Å². The first-order valence-corrected chi connectivity index (χ1v) is 8.67. The number of carbonyl (C=O) groups excluding carboxylic acids is 1. The molecular weight excluding hydrogens is 264 g/mol. The van der Waals surface area contributed by atoms with Gasteiger partial charge in [0.1, 0.15) is 5.75 Å². The van der Waals surface area contributed by atoms with Crippen molar-refractivity contribution in [2.24, 2.45) is 0 Å². The van der Waals surface area contributed by atoms with E-state index in [1.54, 1.807) is 0 Å². The summed E-state index contributed by atoms with van der Waals surface area (Å²) in [4.78, 5) is 10.9. The number of hydrogen-bond donors (Lipinski definition) is 1. The van der Waals surface area contributed by atoms with Gasteiger partial charge in [0.25, 0.3) is 0 Å². The van der Waals surface area contributed by atoms with Crippen molar-refractivity contribution in [1.29, 1.82) is 0 Å². The molecule has 0 aromatic rings. The molecule has 4 nitrogen and oxygen atoms in total. The van der Waals surface area contributed by atoms with E-state index < -0.39 is 22.8 Å². The Bertz CT molecular complexity index is 244. The van der Waals surface area contributed by atoms with Crippen molar-refractivity contribution < 1.29 is 18.3 Å². The first-order chi connectivity index (χ1) is 9.16. The van der Waals surface area contributed by atoms with Gasteiger partial charge in [-0.05, 0) is 6.42 Å². The highest BCUT2D eigenvalue weighted by Crippen LogP contribution is 2.10. The van der Waals surface area contributed by atoms with Crippen LogP contribution in [-0.4, -0.2) is 27.1 Å². The third kappa shape index (κ3) is 15.5. The normalized spacial score (nSPS) is 12.3. The summed E-state index contributed by atoms with van der Waals surface area (Å²) in [6, 6.07) is 0. The van der Waals surface area contributed by atoms with Crippen molar-refractivity contribution in [3.8, 4) is 0 Å². The Labute approximate surface area is 119 Å². The van der Waals surface area contributed by atoms with E-state index >= 15 is 0 Å². The number of hydrogen-bond acceptors (Lipinski definition) is 3. The van der Waals surface area contributed by atoms with Crippen LogP contribution >= 0.6 is 0 Å². The van der Waals surface area contributed by atoms with Crippen LogP contribution in [0.4, 0.5) is 0 Å². The Kier molecular flexibility index (Phi) is 13.7. The summed E-state index contributed by atoms with van der Waals surface area (Å²) in [6.45, 7) is 2.59. The van der Waals surface area contributed by atoms with Crippen molar-refractivity contribution in [1.82, 2.24) is 0 Å². The van der Waals surface area contributed by atoms with Crippen LogP contribution in [-0.2, 0) is 20.6 Å². The first kappa shape index (κ1) is 18.6. The van der Waals surface area contributed by atoms with Gasteiger partial charge < -0.3 is 9.29 Å². The molecule has 5 heteroatoms. The summed E-state index contributed by atoms with van der Waals surface area (Å²) < 4.78 is 23.6. The lowest BCUT2D eigenvalue weighted by atomic mass is 10.1. The SMILES string of the molecule is CCCCCCCCCCCCOC(=O)CS(=O)O. The van der Waals surface area contributed by atoms with Gasteiger partial charge in [0.2, 0.25) is 0 Å². The van der Waals surface area contributed by atoms with Gasteiger partial charge in [0.05, 0.1) is 6.61 Å². The number of ether oxygens (including phenoxy) is 1. The van der Waals surface area contributed by atoms with Gasteiger partial charge in [0.15, 0.2) is 11.1 Å². The molecule has 0 radical (unpaired) electrons. The average Bonchev–Trinajstić information content (AvgIpc) is 2.35. The van der Waals surface area contributed by atoms with Crippen LogP contribution in [0.15, 0.2) is 0 Å². The molecule has 1 unspecified atom stereocenters. The Morgan fingerprint density at radius 3 is 1.89 bits per heavy atom. The van der Waals surface area contributed by atoms with E-state index in [-0.39, 0.29) is 0 Å². The zero-order valence-electron chi connectivity index (χ0n) is 12.1. The van der Waals surface area contributed by atoms with E-state index in [4.69, 9.17) is 9.29 Å². The molecule has 0 amide bonds. The number of carbonyl (C=O) groups is 1. The van der Waals surface area contributed by atoms with E-state index in [1.807, 2.05) is 0 Å². The van der Waals surface area contributed by atoms with Gasteiger partial charge in [-0.2, -0.15) is 0 Å². The van der Waals surface area contributed by atoms with Crippen molar-refractivity contribution in [3.63, 3.8) is 0 Å².